The largest absolute Gasteiger partial charge is 0.416 e. The Labute approximate surface area is 150 Å². The van der Waals surface area contributed by atoms with Crippen molar-refractivity contribution in [1.82, 2.24) is 9.97 Å². The summed E-state index contributed by atoms with van der Waals surface area (Å²) in [6.45, 7) is 3.23. The van der Waals surface area contributed by atoms with Crippen LogP contribution in [0, 0.1) is 6.92 Å². The van der Waals surface area contributed by atoms with Crippen LogP contribution in [0.2, 0.25) is 0 Å². The highest BCUT2D eigenvalue weighted by atomic mass is 19.4. The lowest BCUT2D eigenvalue weighted by Crippen LogP contribution is -2.39. The summed E-state index contributed by atoms with van der Waals surface area (Å²) in [6, 6.07) is 7.52. The normalized spacial score (nSPS) is 21.1. The average Bonchev–Trinajstić information content (AvgIpc) is 3.46. The van der Waals surface area contributed by atoms with E-state index in [1.54, 1.807) is 6.07 Å². The predicted octanol–water partition coefficient (Wildman–Crippen LogP) is 4.26. The Morgan fingerprint density at radius 2 is 1.92 bits per heavy atom. The van der Waals surface area contributed by atoms with E-state index >= 15 is 0 Å². The fourth-order valence-electron chi connectivity index (χ4n) is 3.34. The minimum atomic E-state index is -4.40. The van der Waals surface area contributed by atoms with Gasteiger partial charge in [-0.3, -0.25) is 0 Å². The molecule has 1 saturated carbocycles. The first kappa shape index (κ1) is 17.3. The van der Waals surface area contributed by atoms with Crippen molar-refractivity contribution in [3.63, 3.8) is 0 Å². The molecule has 0 bridgehead atoms. The minimum absolute atomic E-state index is 0.179. The maximum absolute atomic E-state index is 13.3. The number of hydrogen-bond acceptors (Lipinski definition) is 4. The van der Waals surface area contributed by atoms with Gasteiger partial charge >= 0.3 is 6.18 Å². The molecule has 1 aliphatic carbocycles. The highest BCUT2D eigenvalue weighted by Gasteiger charge is 2.37. The summed E-state index contributed by atoms with van der Waals surface area (Å²) in [4.78, 5) is 11.2. The molecular formula is C19H20F3N3O. The van der Waals surface area contributed by atoms with E-state index in [2.05, 4.69) is 9.97 Å². The van der Waals surface area contributed by atoms with E-state index in [1.807, 2.05) is 17.9 Å². The van der Waals surface area contributed by atoms with E-state index in [1.165, 1.54) is 12.1 Å². The van der Waals surface area contributed by atoms with Gasteiger partial charge in [-0.2, -0.15) is 13.2 Å². The van der Waals surface area contributed by atoms with Crippen molar-refractivity contribution in [3.05, 3.63) is 53.0 Å². The molecule has 0 spiro atoms. The molecule has 1 aromatic heterocycles. The SMILES string of the molecule is Cc1cc(N2CCO[C@@H](c3ccccc3C(F)(F)F)C2)nc(C2CC2)n1. The number of morpholine rings is 1. The van der Waals surface area contributed by atoms with Crippen molar-refractivity contribution >= 4 is 5.82 Å². The van der Waals surface area contributed by atoms with Crippen LogP contribution in [-0.2, 0) is 10.9 Å². The maximum Gasteiger partial charge on any atom is 0.416 e. The van der Waals surface area contributed by atoms with E-state index in [9.17, 15) is 13.2 Å². The quantitative estimate of drug-likeness (QED) is 0.817. The molecule has 1 atom stereocenters. The Morgan fingerprint density at radius 3 is 2.65 bits per heavy atom. The van der Waals surface area contributed by atoms with Crippen LogP contribution >= 0.6 is 0 Å². The Kier molecular flexibility index (Phi) is 4.34. The van der Waals surface area contributed by atoms with Crippen LogP contribution < -0.4 is 4.90 Å². The molecule has 4 rings (SSSR count). The van der Waals surface area contributed by atoms with Crippen LogP contribution in [0.25, 0.3) is 0 Å². The number of aryl methyl sites for hydroxylation is 1. The van der Waals surface area contributed by atoms with Crippen molar-refractivity contribution in [2.75, 3.05) is 24.6 Å². The third kappa shape index (κ3) is 3.53. The van der Waals surface area contributed by atoms with Gasteiger partial charge in [-0.05, 0) is 31.4 Å². The van der Waals surface area contributed by atoms with Gasteiger partial charge in [-0.25, -0.2) is 9.97 Å². The lowest BCUT2D eigenvalue weighted by molar-refractivity contribution is -0.139. The zero-order valence-electron chi connectivity index (χ0n) is 14.5. The van der Waals surface area contributed by atoms with E-state index in [0.717, 1.165) is 36.2 Å². The van der Waals surface area contributed by atoms with Crippen LogP contribution in [0.4, 0.5) is 19.0 Å². The fraction of sp³-hybridized carbons (Fsp3) is 0.474. The number of benzene rings is 1. The van der Waals surface area contributed by atoms with Gasteiger partial charge in [0.25, 0.3) is 0 Å². The number of hydrogen-bond donors (Lipinski definition) is 0. The number of rotatable bonds is 3. The summed E-state index contributed by atoms with van der Waals surface area (Å²) in [5.74, 6) is 2.05. The van der Waals surface area contributed by atoms with Gasteiger partial charge in [-0.15, -0.1) is 0 Å². The number of nitrogens with zero attached hydrogens (tertiary/aromatic N) is 3. The number of ether oxygens (including phenoxy) is 1. The summed E-state index contributed by atoms with van der Waals surface area (Å²) < 4.78 is 45.7. The zero-order valence-corrected chi connectivity index (χ0v) is 14.5. The summed E-state index contributed by atoms with van der Waals surface area (Å²) in [7, 11) is 0. The molecule has 4 nitrogen and oxygen atoms in total. The highest BCUT2D eigenvalue weighted by molar-refractivity contribution is 5.42. The number of alkyl halides is 3. The molecule has 0 N–H and O–H groups in total. The number of anilines is 1. The number of halogens is 3. The monoisotopic (exact) mass is 363 g/mol. The molecule has 1 aliphatic heterocycles. The van der Waals surface area contributed by atoms with Crippen LogP contribution in [0.15, 0.2) is 30.3 Å². The smallest absolute Gasteiger partial charge is 0.370 e. The Morgan fingerprint density at radius 1 is 1.15 bits per heavy atom. The van der Waals surface area contributed by atoms with Crippen molar-refractivity contribution in [1.29, 1.82) is 0 Å². The molecule has 0 radical (unpaired) electrons. The molecule has 2 aromatic rings. The van der Waals surface area contributed by atoms with Gasteiger partial charge in [0.05, 0.1) is 12.2 Å². The van der Waals surface area contributed by atoms with Crippen LogP contribution in [0.1, 0.15) is 47.5 Å². The first-order valence-corrected chi connectivity index (χ1v) is 8.80. The lowest BCUT2D eigenvalue weighted by Gasteiger charge is -2.35. The third-order valence-corrected chi connectivity index (χ3v) is 4.80. The number of aromatic nitrogens is 2. The van der Waals surface area contributed by atoms with Gasteiger partial charge in [0.15, 0.2) is 0 Å². The van der Waals surface area contributed by atoms with Crippen LogP contribution in [-0.4, -0.2) is 29.7 Å². The zero-order chi connectivity index (χ0) is 18.3. The van der Waals surface area contributed by atoms with Gasteiger partial charge in [-0.1, -0.05) is 18.2 Å². The van der Waals surface area contributed by atoms with Crippen molar-refractivity contribution in [3.8, 4) is 0 Å². The van der Waals surface area contributed by atoms with Gasteiger partial charge in [0.2, 0.25) is 0 Å². The molecule has 0 amide bonds. The Balaban J connectivity index is 1.61. The summed E-state index contributed by atoms with van der Waals surface area (Å²) in [6.07, 6.45) is -2.82. The second kappa shape index (κ2) is 6.54. The van der Waals surface area contributed by atoms with Crippen molar-refractivity contribution < 1.29 is 17.9 Å². The molecule has 2 aliphatic rings. The molecule has 138 valence electrons. The van der Waals surface area contributed by atoms with Gasteiger partial charge < -0.3 is 9.64 Å². The third-order valence-electron chi connectivity index (χ3n) is 4.80. The molecular weight excluding hydrogens is 343 g/mol. The molecule has 0 unspecified atom stereocenters. The summed E-state index contributed by atoms with van der Waals surface area (Å²) in [5.41, 5.74) is 0.429. The second-order valence-corrected chi connectivity index (χ2v) is 6.89. The predicted molar refractivity (Wildman–Crippen MR) is 91.1 cm³/mol. The molecule has 2 fully saturated rings. The lowest BCUT2D eigenvalue weighted by atomic mass is 10.0. The topological polar surface area (TPSA) is 38.2 Å². The summed E-state index contributed by atoms with van der Waals surface area (Å²) in [5, 5.41) is 0. The summed E-state index contributed by atoms with van der Waals surface area (Å²) >= 11 is 0. The first-order valence-electron chi connectivity index (χ1n) is 8.80. The van der Waals surface area contributed by atoms with Crippen molar-refractivity contribution in [2.24, 2.45) is 0 Å². The average molecular weight is 363 g/mol. The first-order chi connectivity index (χ1) is 12.4. The van der Waals surface area contributed by atoms with Gasteiger partial charge in [0.1, 0.15) is 17.7 Å². The molecule has 2 heterocycles. The fourth-order valence-corrected chi connectivity index (χ4v) is 3.34. The van der Waals surface area contributed by atoms with Crippen LogP contribution in [0.5, 0.6) is 0 Å². The van der Waals surface area contributed by atoms with E-state index in [4.69, 9.17) is 4.74 Å². The molecule has 26 heavy (non-hydrogen) atoms. The second-order valence-electron chi connectivity index (χ2n) is 6.89. The molecule has 1 aromatic carbocycles. The maximum atomic E-state index is 13.3. The molecule has 7 heteroatoms. The Hall–Kier alpha value is -2.15. The standard InChI is InChI=1S/C19H20F3N3O/c1-12-10-17(24-18(23-12)13-6-7-13)25-8-9-26-16(11-25)14-4-2-3-5-15(14)19(20,21)22/h2-5,10,13,16H,6-9,11H2,1H3/t16-/m1/s1. The van der Waals surface area contributed by atoms with E-state index in [0.29, 0.717) is 25.6 Å². The Bertz CT molecular complexity index is 805. The van der Waals surface area contributed by atoms with E-state index in [-0.39, 0.29) is 5.56 Å². The molecule has 1 saturated heterocycles. The van der Waals surface area contributed by atoms with E-state index < -0.39 is 17.8 Å². The van der Waals surface area contributed by atoms with Gasteiger partial charge in [0, 0.05) is 30.8 Å². The highest BCUT2D eigenvalue weighted by Crippen LogP contribution is 2.39. The minimum Gasteiger partial charge on any atom is -0.370 e. The van der Waals surface area contributed by atoms with Crippen LogP contribution in [0.3, 0.4) is 0 Å². The van der Waals surface area contributed by atoms with Crippen molar-refractivity contribution in [2.45, 2.75) is 38.0 Å².